The molecule has 3 N–H and O–H groups in total. The number of halogens is 1. The van der Waals surface area contributed by atoms with Crippen molar-refractivity contribution in [2.45, 2.75) is 13.3 Å². The maximum absolute atomic E-state index is 11.8. The molecule has 0 unspecified atom stereocenters. The van der Waals surface area contributed by atoms with E-state index in [1.807, 2.05) is 0 Å². The maximum atomic E-state index is 11.8. The summed E-state index contributed by atoms with van der Waals surface area (Å²) in [5.74, 6) is -0.712. The van der Waals surface area contributed by atoms with Crippen LogP contribution < -0.4 is 11.1 Å². The molecule has 0 radical (unpaired) electrons. The molecule has 0 aliphatic heterocycles. The number of anilines is 1. The second-order valence-corrected chi connectivity index (χ2v) is 3.98. The summed E-state index contributed by atoms with van der Waals surface area (Å²) in [7, 11) is 0. The highest BCUT2D eigenvalue weighted by Gasteiger charge is 2.10. The van der Waals surface area contributed by atoms with Crippen molar-refractivity contribution in [3.63, 3.8) is 0 Å². The van der Waals surface area contributed by atoms with Crippen molar-refractivity contribution < 1.29 is 14.3 Å². The van der Waals surface area contributed by atoms with E-state index in [-0.39, 0.29) is 24.8 Å². The molecule has 98 valence electrons. The first kappa shape index (κ1) is 14.3. The number of hydrogen-bond acceptors (Lipinski definition) is 4. The van der Waals surface area contributed by atoms with Crippen LogP contribution in [0.2, 0.25) is 5.02 Å². The Bertz CT molecular complexity index is 449. The molecule has 18 heavy (non-hydrogen) atoms. The van der Waals surface area contributed by atoms with Gasteiger partial charge in [-0.2, -0.15) is 0 Å². The van der Waals surface area contributed by atoms with Crippen molar-refractivity contribution in [1.82, 2.24) is 5.32 Å². The molecular formula is C12H15ClN2O3. The highest BCUT2D eigenvalue weighted by Crippen LogP contribution is 2.17. The van der Waals surface area contributed by atoms with Gasteiger partial charge in [0.1, 0.15) is 0 Å². The number of esters is 1. The number of carbonyl (C=O) groups is 2. The minimum atomic E-state index is -0.362. The third kappa shape index (κ3) is 4.25. The van der Waals surface area contributed by atoms with Crippen molar-refractivity contribution in [3.05, 3.63) is 28.8 Å². The van der Waals surface area contributed by atoms with E-state index in [9.17, 15) is 9.59 Å². The van der Waals surface area contributed by atoms with E-state index >= 15 is 0 Å². The monoisotopic (exact) mass is 270 g/mol. The van der Waals surface area contributed by atoms with Crippen molar-refractivity contribution in [1.29, 1.82) is 0 Å². The van der Waals surface area contributed by atoms with Gasteiger partial charge in [0.25, 0.3) is 5.91 Å². The summed E-state index contributed by atoms with van der Waals surface area (Å²) in [5, 5.41) is 3.01. The molecule has 0 aliphatic carbocycles. The summed E-state index contributed by atoms with van der Waals surface area (Å²) in [5.41, 5.74) is 6.30. The summed E-state index contributed by atoms with van der Waals surface area (Å²) in [4.78, 5) is 22.8. The fraction of sp³-hybridized carbons (Fsp3) is 0.333. The predicted octanol–water partition coefficient (Wildman–Crippen LogP) is 1.61. The molecule has 0 saturated heterocycles. The standard InChI is InChI=1S/C12H15ClN2O3/c1-2-18-11(16)5-6-15-12(17)9-7-8(13)3-4-10(9)14/h3-4,7H,2,5-6,14H2,1H3,(H,15,17). The molecule has 0 aromatic heterocycles. The Kier molecular flexibility index (Phi) is 5.45. The SMILES string of the molecule is CCOC(=O)CCNC(=O)c1cc(Cl)ccc1N. The van der Waals surface area contributed by atoms with Crippen molar-refractivity contribution >= 4 is 29.2 Å². The van der Waals surface area contributed by atoms with Crippen molar-refractivity contribution in [2.24, 2.45) is 0 Å². The predicted molar refractivity (Wildman–Crippen MR) is 69.4 cm³/mol. The smallest absolute Gasteiger partial charge is 0.307 e. The third-order valence-electron chi connectivity index (χ3n) is 2.18. The lowest BCUT2D eigenvalue weighted by molar-refractivity contribution is -0.142. The van der Waals surface area contributed by atoms with E-state index in [4.69, 9.17) is 22.1 Å². The zero-order chi connectivity index (χ0) is 13.5. The quantitative estimate of drug-likeness (QED) is 0.629. The Morgan fingerprint density at radius 2 is 2.17 bits per heavy atom. The van der Waals surface area contributed by atoms with E-state index in [1.54, 1.807) is 19.1 Å². The largest absolute Gasteiger partial charge is 0.466 e. The van der Waals surface area contributed by atoms with E-state index in [2.05, 4.69) is 5.32 Å². The molecule has 1 aromatic carbocycles. The van der Waals surface area contributed by atoms with E-state index < -0.39 is 0 Å². The summed E-state index contributed by atoms with van der Waals surface area (Å²) in [6.07, 6.45) is 0.125. The lowest BCUT2D eigenvalue weighted by atomic mass is 10.1. The van der Waals surface area contributed by atoms with Crippen LogP contribution in [0, 0.1) is 0 Å². The number of rotatable bonds is 5. The van der Waals surface area contributed by atoms with Crippen LogP contribution in [0.1, 0.15) is 23.7 Å². The zero-order valence-electron chi connectivity index (χ0n) is 10.0. The molecule has 1 aromatic rings. The number of nitrogens with one attached hydrogen (secondary N) is 1. The molecule has 1 amide bonds. The Balaban J connectivity index is 2.50. The Hall–Kier alpha value is -1.75. The normalized spacial score (nSPS) is 9.89. The molecule has 5 nitrogen and oxygen atoms in total. The number of nitrogen functional groups attached to an aromatic ring is 1. The lowest BCUT2D eigenvalue weighted by Gasteiger charge is -2.07. The molecule has 0 atom stereocenters. The Morgan fingerprint density at radius 1 is 1.44 bits per heavy atom. The molecule has 1 rings (SSSR count). The molecule has 0 saturated carbocycles. The van der Waals surface area contributed by atoms with Gasteiger partial charge >= 0.3 is 5.97 Å². The van der Waals surface area contributed by atoms with E-state index in [1.165, 1.54) is 6.07 Å². The van der Waals surface area contributed by atoms with Gasteiger partial charge in [-0.1, -0.05) is 11.6 Å². The second kappa shape index (κ2) is 6.86. The minimum absolute atomic E-state index is 0.125. The average Bonchev–Trinajstić information content (AvgIpc) is 2.32. The van der Waals surface area contributed by atoms with Crippen LogP contribution >= 0.6 is 11.6 Å². The van der Waals surface area contributed by atoms with E-state index in [0.29, 0.717) is 22.9 Å². The molecule has 0 spiro atoms. The fourth-order valence-corrected chi connectivity index (χ4v) is 1.50. The van der Waals surface area contributed by atoms with Gasteiger partial charge in [0, 0.05) is 17.3 Å². The van der Waals surface area contributed by atoms with Gasteiger partial charge in [-0.25, -0.2) is 0 Å². The number of nitrogens with two attached hydrogens (primary N) is 1. The molecule has 0 bridgehead atoms. The molecular weight excluding hydrogens is 256 g/mol. The number of carbonyl (C=O) groups excluding carboxylic acids is 2. The van der Waals surface area contributed by atoms with Crippen molar-refractivity contribution in [2.75, 3.05) is 18.9 Å². The van der Waals surface area contributed by atoms with Crippen LogP contribution in [0.3, 0.4) is 0 Å². The van der Waals surface area contributed by atoms with Gasteiger partial charge < -0.3 is 15.8 Å². The Labute approximate surface area is 110 Å². The minimum Gasteiger partial charge on any atom is -0.466 e. The van der Waals surface area contributed by atoms with Crippen LogP contribution in [0.15, 0.2) is 18.2 Å². The van der Waals surface area contributed by atoms with Gasteiger partial charge in [0.2, 0.25) is 0 Å². The summed E-state index contributed by atoms with van der Waals surface area (Å²) >= 11 is 5.78. The van der Waals surface area contributed by atoms with Gasteiger partial charge in [-0.15, -0.1) is 0 Å². The number of hydrogen-bond donors (Lipinski definition) is 2. The van der Waals surface area contributed by atoms with Crippen LogP contribution in [0.25, 0.3) is 0 Å². The summed E-state index contributed by atoms with van der Waals surface area (Å²) in [6, 6.07) is 4.64. The highest BCUT2D eigenvalue weighted by molar-refractivity contribution is 6.31. The Morgan fingerprint density at radius 3 is 2.83 bits per heavy atom. The lowest BCUT2D eigenvalue weighted by Crippen LogP contribution is -2.27. The van der Waals surface area contributed by atoms with Crippen LogP contribution in [-0.4, -0.2) is 25.0 Å². The van der Waals surface area contributed by atoms with Crippen LogP contribution in [-0.2, 0) is 9.53 Å². The molecule has 6 heteroatoms. The zero-order valence-corrected chi connectivity index (χ0v) is 10.8. The van der Waals surface area contributed by atoms with Gasteiger partial charge in [0.05, 0.1) is 18.6 Å². The van der Waals surface area contributed by atoms with Gasteiger partial charge in [-0.3, -0.25) is 9.59 Å². The second-order valence-electron chi connectivity index (χ2n) is 3.54. The van der Waals surface area contributed by atoms with Gasteiger partial charge in [-0.05, 0) is 25.1 Å². The van der Waals surface area contributed by atoms with Gasteiger partial charge in [0.15, 0.2) is 0 Å². The number of amides is 1. The third-order valence-corrected chi connectivity index (χ3v) is 2.42. The molecule has 0 aliphatic rings. The number of ether oxygens (including phenoxy) is 1. The first-order valence-corrected chi connectivity index (χ1v) is 5.91. The maximum Gasteiger partial charge on any atom is 0.307 e. The number of benzene rings is 1. The van der Waals surface area contributed by atoms with E-state index in [0.717, 1.165) is 0 Å². The summed E-state index contributed by atoms with van der Waals surface area (Å²) in [6.45, 7) is 2.25. The first-order valence-electron chi connectivity index (χ1n) is 5.53. The van der Waals surface area contributed by atoms with Crippen molar-refractivity contribution in [3.8, 4) is 0 Å². The topological polar surface area (TPSA) is 81.4 Å². The molecule has 0 fully saturated rings. The fourth-order valence-electron chi connectivity index (χ4n) is 1.33. The summed E-state index contributed by atoms with van der Waals surface area (Å²) < 4.78 is 4.74. The average molecular weight is 271 g/mol. The highest BCUT2D eigenvalue weighted by atomic mass is 35.5. The molecule has 0 heterocycles. The van der Waals surface area contributed by atoms with Crippen LogP contribution in [0.5, 0.6) is 0 Å². The van der Waals surface area contributed by atoms with Crippen LogP contribution in [0.4, 0.5) is 5.69 Å². The first-order chi connectivity index (χ1) is 8.54.